The number of aromatic nitrogens is 2. The third-order valence-corrected chi connectivity index (χ3v) is 5.88. The van der Waals surface area contributed by atoms with Crippen LogP contribution < -0.4 is 0 Å². The van der Waals surface area contributed by atoms with Crippen LogP contribution in [0.2, 0.25) is 0 Å². The molecule has 1 aromatic carbocycles. The quantitative estimate of drug-likeness (QED) is 0.859. The molecule has 134 valence electrons. The second-order valence-electron chi connectivity index (χ2n) is 7.73. The van der Waals surface area contributed by atoms with E-state index in [9.17, 15) is 4.79 Å². The van der Waals surface area contributed by atoms with Crippen molar-refractivity contribution in [2.45, 2.75) is 64.2 Å². The van der Waals surface area contributed by atoms with E-state index in [-0.39, 0.29) is 5.91 Å². The van der Waals surface area contributed by atoms with Crippen molar-refractivity contribution in [3.63, 3.8) is 0 Å². The molecule has 25 heavy (non-hydrogen) atoms. The van der Waals surface area contributed by atoms with Gasteiger partial charge in [0.05, 0.1) is 17.4 Å². The zero-order chi connectivity index (χ0) is 17.4. The van der Waals surface area contributed by atoms with Crippen LogP contribution in [0, 0.1) is 0 Å². The molecule has 0 saturated carbocycles. The predicted molar refractivity (Wildman–Crippen MR) is 99.3 cm³/mol. The maximum absolute atomic E-state index is 12.8. The molecule has 2 aliphatic rings. The molecule has 2 aromatic rings. The first-order chi connectivity index (χ1) is 12.1. The molecule has 2 atom stereocenters. The van der Waals surface area contributed by atoms with Gasteiger partial charge in [-0.1, -0.05) is 12.1 Å². The van der Waals surface area contributed by atoms with Gasteiger partial charge >= 0.3 is 0 Å². The molecule has 3 heterocycles. The van der Waals surface area contributed by atoms with E-state index in [0.717, 1.165) is 30.5 Å². The Morgan fingerprint density at radius 3 is 2.84 bits per heavy atom. The molecule has 4 rings (SSSR count). The summed E-state index contributed by atoms with van der Waals surface area (Å²) in [6.45, 7) is 7.09. The number of benzene rings is 1. The first kappa shape index (κ1) is 16.6. The lowest BCUT2D eigenvalue weighted by Crippen LogP contribution is -2.44. The number of likely N-dealkylation sites (tertiary alicyclic amines) is 1. The van der Waals surface area contributed by atoms with Crippen molar-refractivity contribution in [3.8, 4) is 0 Å². The molecule has 5 nitrogen and oxygen atoms in total. The van der Waals surface area contributed by atoms with Crippen molar-refractivity contribution < 1.29 is 4.79 Å². The van der Waals surface area contributed by atoms with Crippen LogP contribution in [0.3, 0.4) is 0 Å². The van der Waals surface area contributed by atoms with Gasteiger partial charge in [-0.3, -0.25) is 9.69 Å². The van der Waals surface area contributed by atoms with Crippen molar-refractivity contribution >= 4 is 16.9 Å². The molecule has 0 aliphatic carbocycles. The van der Waals surface area contributed by atoms with Crippen molar-refractivity contribution in [3.05, 3.63) is 30.6 Å². The number of rotatable bonds is 4. The maximum atomic E-state index is 12.8. The average molecular weight is 340 g/mol. The summed E-state index contributed by atoms with van der Waals surface area (Å²) in [5.41, 5.74) is 2.10. The number of nitrogens with zero attached hydrogens (tertiary/aromatic N) is 4. The van der Waals surface area contributed by atoms with E-state index in [1.807, 2.05) is 24.5 Å². The van der Waals surface area contributed by atoms with Crippen LogP contribution >= 0.6 is 0 Å². The van der Waals surface area contributed by atoms with Gasteiger partial charge in [-0.05, 0) is 45.2 Å². The number of imidazole rings is 1. The second-order valence-corrected chi connectivity index (χ2v) is 7.73. The van der Waals surface area contributed by atoms with Gasteiger partial charge < -0.3 is 9.47 Å². The molecule has 1 amide bonds. The first-order valence-corrected chi connectivity index (χ1v) is 9.58. The zero-order valence-corrected chi connectivity index (χ0v) is 15.3. The standard InChI is InChI=1S/C20H28N4O/c1-15(2)24-16-7-8-17(24)13-22(11-9-16)20(25)10-12-23-14-21-18-5-3-4-6-19(18)23/h3-6,14-17H,7-13H2,1-2H3. The number of hydrogen-bond acceptors (Lipinski definition) is 3. The van der Waals surface area contributed by atoms with Gasteiger partial charge in [-0.15, -0.1) is 0 Å². The van der Waals surface area contributed by atoms with E-state index in [1.165, 1.54) is 12.8 Å². The Kier molecular flexibility index (Phi) is 4.50. The van der Waals surface area contributed by atoms with Crippen molar-refractivity contribution in [1.82, 2.24) is 19.4 Å². The molecule has 0 radical (unpaired) electrons. The molecule has 2 fully saturated rings. The molecule has 2 saturated heterocycles. The lowest BCUT2D eigenvalue weighted by Gasteiger charge is -2.32. The molecular weight excluding hydrogens is 312 g/mol. The minimum Gasteiger partial charge on any atom is -0.341 e. The lowest BCUT2D eigenvalue weighted by atomic mass is 10.1. The van der Waals surface area contributed by atoms with E-state index in [2.05, 4.69) is 39.3 Å². The zero-order valence-electron chi connectivity index (χ0n) is 15.3. The van der Waals surface area contributed by atoms with E-state index in [1.54, 1.807) is 0 Å². The Bertz CT molecular complexity index is 753. The summed E-state index contributed by atoms with van der Waals surface area (Å²) in [4.78, 5) is 22.0. The van der Waals surface area contributed by atoms with E-state index in [4.69, 9.17) is 0 Å². The second kappa shape index (κ2) is 6.79. The van der Waals surface area contributed by atoms with E-state index in [0.29, 0.717) is 31.1 Å². The van der Waals surface area contributed by atoms with Crippen molar-refractivity contribution in [2.24, 2.45) is 0 Å². The number of fused-ring (bicyclic) bond motifs is 3. The fourth-order valence-corrected chi connectivity index (χ4v) is 4.74. The highest BCUT2D eigenvalue weighted by atomic mass is 16.2. The van der Waals surface area contributed by atoms with Crippen LogP contribution in [0.25, 0.3) is 11.0 Å². The Labute approximate surface area is 149 Å². The lowest BCUT2D eigenvalue weighted by molar-refractivity contribution is -0.131. The van der Waals surface area contributed by atoms with Gasteiger partial charge in [0.2, 0.25) is 5.91 Å². The van der Waals surface area contributed by atoms with E-state index >= 15 is 0 Å². The highest BCUT2D eigenvalue weighted by molar-refractivity contribution is 5.77. The fraction of sp³-hybridized carbons (Fsp3) is 0.600. The van der Waals surface area contributed by atoms with Crippen LogP contribution in [0.15, 0.2) is 30.6 Å². The summed E-state index contributed by atoms with van der Waals surface area (Å²) in [7, 11) is 0. The first-order valence-electron chi connectivity index (χ1n) is 9.58. The third-order valence-electron chi connectivity index (χ3n) is 5.88. The number of para-hydroxylation sites is 2. The van der Waals surface area contributed by atoms with Crippen LogP contribution in [0.5, 0.6) is 0 Å². The van der Waals surface area contributed by atoms with Gasteiger partial charge in [-0.25, -0.2) is 4.98 Å². The van der Waals surface area contributed by atoms with Crippen LogP contribution in [-0.4, -0.2) is 56.5 Å². The summed E-state index contributed by atoms with van der Waals surface area (Å²) in [5, 5.41) is 0. The van der Waals surface area contributed by atoms with Gasteiger partial charge in [-0.2, -0.15) is 0 Å². The number of carbonyl (C=O) groups is 1. The third kappa shape index (κ3) is 3.17. The molecule has 2 unspecified atom stereocenters. The number of carbonyl (C=O) groups excluding carboxylic acids is 1. The summed E-state index contributed by atoms with van der Waals surface area (Å²) >= 11 is 0. The Hall–Kier alpha value is -1.88. The smallest absolute Gasteiger partial charge is 0.224 e. The minimum atomic E-state index is 0.286. The molecule has 2 bridgehead atoms. The summed E-state index contributed by atoms with van der Waals surface area (Å²) in [5.74, 6) is 0.286. The van der Waals surface area contributed by atoms with Gasteiger partial charge in [0.1, 0.15) is 0 Å². The Balaban J connectivity index is 1.40. The number of aryl methyl sites for hydroxylation is 1. The Morgan fingerprint density at radius 1 is 1.20 bits per heavy atom. The highest BCUT2D eigenvalue weighted by Gasteiger charge is 2.39. The minimum absolute atomic E-state index is 0.286. The molecule has 0 spiro atoms. The highest BCUT2D eigenvalue weighted by Crippen LogP contribution is 2.32. The Morgan fingerprint density at radius 2 is 2.00 bits per heavy atom. The molecule has 1 aromatic heterocycles. The normalized spacial score (nSPS) is 24.2. The fourth-order valence-electron chi connectivity index (χ4n) is 4.74. The van der Waals surface area contributed by atoms with E-state index < -0.39 is 0 Å². The predicted octanol–water partition coefficient (Wildman–Crippen LogP) is 2.90. The van der Waals surface area contributed by atoms with Crippen LogP contribution in [-0.2, 0) is 11.3 Å². The number of hydrogen-bond donors (Lipinski definition) is 0. The van der Waals surface area contributed by atoms with Crippen LogP contribution in [0.4, 0.5) is 0 Å². The summed E-state index contributed by atoms with van der Waals surface area (Å²) in [6.07, 6.45) is 6.06. The van der Waals surface area contributed by atoms with Gasteiger partial charge in [0.25, 0.3) is 0 Å². The summed E-state index contributed by atoms with van der Waals surface area (Å²) in [6, 6.07) is 9.89. The van der Waals surface area contributed by atoms with Gasteiger partial charge in [0.15, 0.2) is 0 Å². The molecular formula is C20H28N4O. The van der Waals surface area contributed by atoms with Crippen LogP contribution in [0.1, 0.15) is 39.5 Å². The monoisotopic (exact) mass is 340 g/mol. The van der Waals surface area contributed by atoms with Crippen molar-refractivity contribution in [2.75, 3.05) is 13.1 Å². The SMILES string of the molecule is CC(C)N1C2CCC1CN(C(=O)CCn1cnc3ccccc31)CC2. The maximum Gasteiger partial charge on any atom is 0.224 e. The number of amides is 1. The molecule has 0 N–H and O–H groups in total. The topological polar surface area (TPSA) is 41.4 Å². The molecule has 5 heteroatoms. The van der Waals surface area contributed by atoms with Crippen molar-refractivity contribution in [1.29, 1.82) is 0 Å². The van der Waals surface area contributed by atoms with Gasteiger partial charge in [0, 0.05) is 44.2 Å². The molecule has 2 aliphatic heterocycles. The average Bonchev–Trinajstić information content (AvgIpc) is 3.13. The summed E-state index contributed by atoms with van der Waals surface area (Å²) < 4.78 is 2.09. The largest absolute Gasteiger partial charge is 0.341 e.